The van der Waals surface area contributed by atoms with E-state index in [0.29, 0.717) is 4.90 Å². The Morgan fingerprint density at radius 1 is 1.54 bits per heavy atom. The maximum atomic E-state index is 11.8. The molecule has 0 aliphatic carbocycles. The van der Waals surface area contributed by atoms with Gasteiger partial charge in [0.1, 0.15) is 0 Å². The van der Waals surface area contributed by atoms with Crippen molar-refractivity contribution in [2.45, 2.75) is 11.3 Å². The summed E-state index contributed by atoms with van der Waals surface area (Å²) in [6.07, 6.45) is 4.83. The van der Waals surface area contributed by atoms with Crippen molar-refractivity contribution in [1.82, 2.24) is 4.98 Å². The average molecular weight is 196 g/mol. The van der Waals surface area contributed by atoms with Crippen molar-refractivity contribution in [3.8, 4) is 0 Å². The first kappa shape index (κ1) is 8.37. The van der Waals surface area contributed by atoms with E-state index in [9.17, 15) is 9.00 Å². The van der Waals surface area contributed by atoms with E-state index in [0.717, 1.165) is 5.56 Å². The van der Waals surface area contributed by atoms with Crippen LogP contribution in [0, 0.1) is 0 Å². The summed E-state index contributed by atoms with van der Waals surface area (Å²) in [5, 5.41) is 0. The zero-order chi connectivity index (χ0) is 9.47. The lowest BCUT2D eigenvalue weighted by Crippen LogP contribution is -2.15. The molecule has 1 aliphatic heterocycles. The lowest BCUT2D eigenvalue weighted by Gasteiger charge is -2.13. The first-order chi connectivity index (χ1) is 6.09. The predicted octanol–water partition coefficient (Wildman–Crippen LogP) is 0.621. The second-order valence-corrected chi connectivity index (χ2v) is 5.18. The molecule has 2 heterocycles. The van der Waals surface area contributed by atoms with Gasteiger partial charge >= 0.3 is 0 Å². The Kier molecular flexibility index (Phi) is 1.69. The van der Waals surface area contributed by atoms with Gasteiger partial charge in [0.15, 0.2) is 0 Å². The van der Waals surface area contributed by atoms with Crippen LogP contribution in [-0.4, -0.2) is 21.4 Å². The lowest BCUT2D eigenvalue weighted by atomic mass is 10.2. The minimum Gasteiger partial charge on any atom is -0.272 e. The Bertz CT molecular complexity index is 487. The summed E-state index contributed by atoms with van der Waals surface area (Å²) < 4.78 is 15.4. The maximum absolute atomic E-state index is 11.8. The van der Waals surface area contributed by atoms with Gasteiger partial charge in [-0.1, -0.05) is 0 Å². The first-order valence-corrected chi connectivity index (χ1v) is 5.70. The molecule has 1 aromatic heterocycles. The zero-order valence-electron chi connectivity index (χ0n) is 7.06. The lowest BCUT2D eigenvalue weighted by molar-refractivity contribution is -0.117. The van der Waals surface area contributed by atoms with Gasteiger partial charge in [-0.3, -0.25) is 9.78 Å². The summed E-state index contributed by atoms with van der Waals surface area (Å²) in [4.78, 5) is 15.6. The van der Waals surface area contributed by atoms with Gasteiger partial charge in [0.25, 0.3) is 5.91 Å². The second kappa shape index (κ2) is 2.63. The summed E-state index contributed by atoms with van der Waals surface area (Å²) in [6, 6.07) is 1.66. The molecule has 1 aromatic rings. The Hall–Kier alpha value is -1.23. The summed E-state index contributed by atoms with van der Waals surface area (Å²) >= 11 is 0. The van der Waals surface area contributed by atoms with Gasteiger partial charge in [-0.25, -0.2) is 4.21 Å². The molecule has 1 atom stereocenters. The van der Waals surface area contributed by atoms with E-state index in [1.54, 1.807) is 18.5 Å². The Morgan fingerprint density at radius 3 is 3.08 bits per heavy atom. The maximum Gasteiger partial charge on any atom is 0.258 e. The van der Waals surface area contributed by atoms with Crippen LogP contribution < -0.4 is 0 Å². The number of nitrogens with zero attached hydrogens (tertiary/aromatic N) is 2. The standard InChI is InChI=1S/C8H8N2O2S/c1-13(12)7-2-3-9-5-6(7)4-8(11)10-13/h2-3,5H,4H2,1H3. The third kappa shape index (κ3) is 1.35. The quantitative estimate of drug-likeness (QED) is 0.611. The van der Waals surface area contributed by atoms with E-state index in [2.05, 4.69) is 9.35 Å². The van der Waals surface area contributed by atoms with E-state index < -0.39 is 9.73 Å². The van der Waals surface area contributed by atoms with Crippen LogP contribution in [0.4, 0.5) is 0 Å². The SMILES string of the molecule is CS1(=O)=NC(=O)Cc2cnccc21. The van der Waals surface area contributed by atoms with Gasteiger partial charge < -0.3 is 0 Å². The largest absolute Gasteiger partial charge is 0.272 e. The Balaban J connectivity index is 2.77. The third-order valence-corrected chi connectivity index (χ3v) is 3.65. The third-order valence-electron chi connectivity index (χ3n) is 1.88. The zero-order valence-corrected chi connectivity index (χ0v) is 7.87. The monoisotopic (exact) mass is 196 g/mol. The fourth-order valence-corrected chi connectivity index (χ4v) is 2.83. The molecule has 1 aliphatic rings. The average Bonchev–Trinajstić information content (AvgIpc) is 2.02. The molecular weight excluding hydrogens is 188 g/mol. The van der Waals surface area contributed by atoms with Crippen molar-refractivity contribution >= 4 is 15.6 Å². The second-order valence-electron chi connectivity index (χ2n) is 2.95. The number of hydrogen-bond donors (Lipinski definition) is 0. The normalized spacial score (nSPS) is 26.4. The summed E-state index contributed by atoms with van der Waals surface area (Å²) in [5.41, 5.74) is 0.731. The number of hydrogen-bond acceptors (Lipinski definition) is 3. The van der Waals surface area contributed by atoms with Crippen molar-refractivity contribution in [2.24, 2.45) is 4.36 Å². The number of aromatic nitrogens is 1. The molecular formula is C8H8N2O2S. The Labute approximate surface area is 76.2 Å². The molecule has 0 fully saturated rings. The highest BCUT2D eigenvalue weighted by Gasteiger charge is 2.20. The predicted molar refractivity (Wildman–Crippen MR) is 47.7 cm³/mol. The van der Waals surface area contributed by atoms with Crippen LogP contribution >= 0.6 is 0 Å². The first-order valence-electron chi connectivity index (χ1n) is 3.77. The van der Waals surface area contributed by atoms with Crippen molar-refractivity contribution in [3.05, 3.63) is 24.0 Å². The van der Waals surface area contributed by atoms with Gasteiger partial charge in [0, 0.05) is 18.6 Å². The van der Waals surface area contributed by atoms with Gasteiger partial charge in [0.2, 0.25) is 0 Å². The van der Waals surface area contributed by atoms with E-state index in [1.807, 2.05) is 0 Å². The van der Waals surface area contributed by atoms with E-state index in [4.69, 9.17) is 0 Å². The number of fused-ring (bicyclic) bond motifs is 1. The minimum atomic E-state index is -2.51. The molecule has 0 aromatic carbocycles. The number of rotatable bonds is 0. The molecule has 0 spiro atoms. The number of carbonyl (C=O) groups is 1. The smallest absolute Gasteiger partial charge is 0.258 e. The number of carbonyl (C=O) groups excluding carboxylic acids is 1. The van der Waals surface area contributed by atoms with Crippen LogP contribution in [0.5, 0.6) is 0 Å². The van der Waals surface area contributed by atoms with Crippen molar-refractivity contribution in [2.75, 3.05) is 6.26 Å². The van der Waals surface area contributed by atoms with Crippen LogP contribution in [0.1, 0.15) is 5.56 Å². The highest BCUT2D eigenvalue weighted by molar-refractivity contribution is 7.93. The number of pyridine rings is 1. The molecule has 68 valence electrons. The van der Waals surface area contributed by atoms with Crippen molar-refractivity contribution in [1.29, 1.82) is 0 Å². The van der Waals surface area contributed by atoms with Crippen LogP contribution in [0.25, 0.3) is 0 Å². The van der Waals surface area contributed by atoms with Gasteiger partial charge in [-0.2, -0.15) is 4.36 Å². The highest BCUT2D eigenvalue weighted by Crippen LogP contribution is 2.21. The van der Waals surface area contributed by atoms with E-state index in [-0.39, 0.29) is 12.3 Å². The molecule has 5 heteroatoms. The van der Waals surface area contributed by atoms with Crippen molar-refractivity contribution in [3.63, 3.8) is 0 Å². The van der Waals surface area contributed by atoms with E-state index >= 15 is 0 Å². The van der Waals surface area contributed by atoms with Crippen LogP contribution in [-0.2, 0) is 20.9 Å². The van der Waals surface area contributed by atoms with Crippen LogP contribution in [0.3, 0.4) is 0 Å². The fraction of sp³-hybridized carbons (Fsp3) is 0.250. The van der Waals surface area contributed by atoms with Crippen LogP contribution in [0.15, 0.2) is 27.7 Å². The van der Waals surface area contributed by atoms with Crippen molar-refractivity contribution < 1.29 is 9.00 Å². The molecule has 0 radical (unpaired) electrons. The molecule has 1 amide bonds. The number of amides is 1. The highest BCUT2D eigenvalue weighted by atomic mass is 32.2. The molecule has 1 unspecified atom stereocenters. The molecule has 0 saturated carbocycles. The molecule has 0 bridgehead atoms. The molecule has 4 nitrogen and oxygen atoms in total. The molecule has 0 saturated heterocycles. The fourth-order valence-electron chi connectivity index (χ4n) is 1.36. The summed E-state index contributed by atoms with van der Waals surface area (Å²) in [7, 11) is -2.51. The van der Waals surface area contributed by atoms with Gasteiger partial charge in [-0.05, 0) is 11.6 Å². The molecule has 2 rings (SSSR count). The topological polar surface area (TPSA) is 59.4 Å². The van der Waals surface area contributed by atoms with Crippen LogP contribution in [0.2, 0.25) is 0 Å². The summed E-state index contributed by atoms with van der Waals surface area (Å²) in [6.45, 7) is 0. The Morgan fingerprint density at radius 2 is 2.31 bits per heavy atom. The van der Waals surface area contributed by atoms with Gasteiger partial charge in [-0.15, -0.1) is 0 Å². The molecule has 0 N–H and O–H groups in total. The minimum absolute atomic E-state index is 0.216. The summed E-state index contributed by atoms with van der Waals surface area (Å²) in [5.74, 6) is -0.326. The molecule has 13 heavy (non-hydrogen) atoms. The van der Waals surface area contributed by atoms with E-state index in [1.165, 1.54) is 6.26 Å². The van der Waals surface area contributed by atoms with Gasteiger partial charge in [0.05, 0.1) is 21.0 Å².